The van der Waals surface area contributed by atoms with Gasteiger partial charge >= 0.3 is 0 Å². The first-order valence-corrected chi connectivity index (χ1v) is 9.15. The Morgan fingerprint density at radius 1 is 1.17 bits per heavy atom. The number of halogens is 1. The SMILES string of the molecule is COc1ccc(-c2nc(NC(=O)c3ccccc3I)sc2C)cc1. The Kier molecular flexibility index (Phi) is 5.15. The third-order valence-electron chi connectivity index (χ3n) is 3.50. The van der Waals surface area contributed by atoms with E-state index in [0.29, 0.717) is 10.7 Å². The van der Waals surface area contributed by atoms with Gasteiger partial charge in [0.1, 0.15) is 5.75 Å². The summed E-state index contributed by atoms with van der Waals surface area (Å²) in [6.45, 7) is 2.00. The van der Waals surface area contributed by atoms with Crippen molar-refractivity contribution in [2.75, 3.05) is 12.4 Å². The van der Waals surface area contributed by atoms with Crippen LogP contribution in [0.25, 0.3) is 11.3 Å². The summed E-state index contributed by atoms with van der Waals surface area (Å²) in [5.74, 6) is 0.661. The zero-order valence-electron chi connectivity index (χ0n) is 13.2. The van der Waals surface area contributed by atoms with Crippen LogP contribution in [0.4, 0.5) is 5.13 Å². The molecule has 0 aliphatic rings. The van der Waals surface area contributed by atoms with Crippen molar-refractivity contribution < 1.29 is 9.53 Å². The molecule has 1 aromatic heterocycles. The summed E-state index contributed by atoms with van der Waals surface area (Å²) in [5.41, 5.74) is 2.53. The predicted molar refractivity (Wildman–Crippen MR) is 106 cm³/mol. The third kappa shape index (κ3) is 3.59. The lowest BCUT2D eigenvalue weighted by Crippen LogP contribution is -2.13. The molecule has 0 saturated carbocycles. The molecular formula is C18H15IN2O2S. The number of anilines is 1. The highest BCUT2D eigenvalue weighted by atomic mass is 127. The van der Waals surface area contributed by atoms with Gasteiger partial charge in [-0.3, -0.25) is 10.1 Å². The van der Waals surface area contributed by atoms with Crippen LogP contribution in [0.3, 0.4) is 0 Å². The first kappa shape index (κ1) is 16.9. The first-order valence-electron chi connectivity index (χ1n) is 7.26. The second kappa shape index (κ2) is 7.31. The lowest BCUT2D eigenvalue weighted by molar-refractivity contribution is 0.102. The largest absolute Gasteiger partial charge is 0.497 e. The van der Waals surface area contributed by atoms with Crippen molar-refractivity contribution in [3.05, 3.63) is 62.5 Å². The molecule has 122 valence electrons. The summed E-state index contributed by atoms with van der Waals surface area (Å²) >= 11 is 3.63. The van der Waals surface area contributed by atoms with E-state index in [1.165, 1.54) is 11.3 Å². The van der Waals surface area contributed by atoms with Crippen molar-refractivity contribution in [1.82, 2.24) is 4.98 Å². The van der Waals surface area contributed by atoms with E-state index in [1.54, 1.807) is 7.11 Å². The van der Waals surface area contributed by atoms with Gasteiger partial charge in [-0.05, 0) is 65.9 Å². The van der Waals surface area contributed by atoms with E-state index in [-0.39, 0.29) is 5.91 Å². The molecule has 0 aliphatic heterocycles. The Labute approximate surface area is 158 Å². The van der Waals surface area contributed by atoms with Crippen LogP contribution >= 0.6 is 33.9 Å². The predicted octanol–water partition coefficient (Wildman–Crippen LogP) is 4.98. The van der Waals surface area contributed by atoms with E-state index in [0.717, 1.165) is 25.5 Å². The Hall–Kier alpha value is -1.93. The number of aryl methyl sites for hydroxylation is 1. The fourth-order valence-electron chi connectivity index (χ4n) is 2.28. The van der Waals surface area contributed by atoms with Gasteiger partial charge in [0.2, 0.25) is 0 Å². The van der Waals surface area contributed by atoms with Crippen molar-refractivity contribution >= 4 is 45.0 Å². The molecule has 24 heavy (non-hydrogen) atoms. The first-order chi connectivity index (χ1) is 11.6. The number of thiazole rings is 1. The van der Waals surface area contributed by atoms with Gasteiger partial charge in [0.05, 0.1) is 18.4 Å². The lowest BCUT2D eigenvalue weighted by atomic mass is 10.1. The summed E-state index contributed by atoms with van der Waals surface area (Å²) in [6, 6.07) is 15.2. The fourth-order valence-corrected chi connectivity index (χ4v) is 3.74. The molecule has 1 N–H and O–H groups in total. The minimum absolute atomic E-state index is 0.143. The molecule has 3 rings (SSSR count). The van der Waals surface area contributed by atoms with Crippen LogP contribution in [0.15, 0.2) is 48.5 Å². The average molecular weight is 450 g/mol. The topological polar surface area (TPSA) is 51.2 Å². The highest BCUT2D eigenvalue weighted by Crippen LogP contribution is 2.31. The Morgan fingerprint density at radius 2 is 1.88 bits per heavy atom. The maximum atomic E-state index is 12.4. The van der Waals surface area contributed by atoms with E-state index >= 15 is 0 Å². The summed E-state index contributed by atoms with van der Waals surface area (Å²) in [6.07, 6.45) is 0. The van der Waals surface area contributed by atoms with Gasteiger partial charge in [0, 0.05) is 14.0 Å². The van der Waals surface area contributed by atoms with Gasteiger partial charge in [-0.15, -0.1) is 11.3 Å². The monoisotopic (exact) mass is 450 g/mol. The van der Waals surface area contributed by atoms with E-state index in [1.807, 2.05) is 55.5 Å². The van der Waals surface area contributed by atoms with Gasteiger partial charge in [0.15, 0.2) is 5.13 Å². The number of ether oxygens (including phenoxy) is 1. The van der Waals surface area contributed by atoms with Gasteiger partial charge in [0.25, 0.3) is 5.91 Å². The Bertz CT molecular complexity index is 875. The molecular weight excluding hydrogens is 435 g/mol. The number of hydrogen-bond donors (Lipinski definition) is 1. The van der Waals surface area contributed by atoms with Gasteiger partial charge in [-0.2, -0.15) is 0 Å². The molecule has 0 radical (unpaired) electrons. The van der Waals surface area contributed by atoms with E-state index in [9.17, 15) is 4.79 Å². The summed E-state index contributed by atoms with van der Waals surface area (Å²) in [5, 5.41) is 3.49. The molecule has 1 amide bonds. The van der Waals surface area contributed by atoms with Crippen molar-refractivity contribution in [2.45, 2.75) is 6.92 Å². The zero-order valence-corrected chi connectivity index (χ0v) is 16.1. The molecule has 0 atom stereocenters. The number of amides is 1. The Morgan fingerprint density at radius 3 is 2.54 bits per heavy atom. The number of carbonyl (C=O) groups is 1. The number of nitrogens with zero attached hydrogens (tertiary/aromatic N) is 1. The number of carbonyl (C=O) groups excluding carboxylic acids is 1. The van der Waals surface area contributed by atoms with Crippen LogP contribution in [0.2, 0.25) is 0 Å². The molecule has 0 unspecified atom stereocenters. The van der Waals surface area contributed by atoms with Crippen LogP contribution in [-0.2, 0) is 0 Å². The number of nitrogens with one attached hydrogen (secondary N) is 1. The maximum absolute atomic E-state index is 12.4. The maximum Gasteiger partial charge on any atom is 0.258 e. The summed E-state index contributed by atoms with van der Waals surface area (Å²) in [7, 11) is 1.64. The molecule has 4 nitrogen and oxygen atoms in total. The quantitative estimate of drug-likeness (QED) is 0.571. The highest BCUT2D eigenvalue weighted by molar-refractivity contribution is 14.1. The third-order valence-corrected chi connectivity index (χ3v) is 5.33. The molecule has 0 bridgehead atoms. The van der Waals surface area contributed by atoms with Crippen molar-refractivity contribution in [1.29, 1.82) is 0 Å². The minimum atomic E-state index is -0.143. The zero-order chi connectivity index (χ0) is 17.1. The van der Waals surface area contributed by atoms with Crippen LogP contribution in [0, 0.1) is 10.5 Å². The fraction of sp³-hybridized carbons (Fsp3) is 0.111. The van der Waals surface area contributed by atoms with Crippen molar-refractivity contribution in [3.8, 4) is 17.0 Å². The molecule has 3 aromatic rings. The van der Waals surface area contributed by atoms with Crippen LogP contribution < -0.4 is 10.1 Å². The molecule has 0 fully saturated rings. The van der Waals surface area contributed by atoms with Gasteiger partial charge < -0.3 is 4.74 Å². The molecule has 0 saturated heterocycles. The second-order valence-electron chi connectivity index (χ2n) is 5.09. The number of benzene rings is 2. The molecule has 0 spiro atoms. The van der Waals surface area contributed by atoms with Crippen LogP contribution in [-0.4, -0.2) is 18.0 Å². The molecule has 6 heteroatoms. The molecule has 2 aromatic carbocycles. The van der Waals surface area contributed by atoms with Crippen molar-refractivity contribution in [3.63, 3.8) is 0 Å². The van der Waals surface area contributed by atoms with Gasteiger partial charge in [-0.25, -0.2) is 4.98 Å². The smallest absolute Gasteiger partial charge is 0.258 e. The van der Waals surface area contributed by atoms with E-state index in [4.69, 9.17) is 4.74 Å². The molecule has 1 heterocycles. The standard InChI is InChI=1S/C18H15IN2O2S/c1-11-16(12-7-9-13(23-2)10-8-12)20-18(24-11)21-17(22)14-5-3-4-6-15(14)19/h3-10H,1-2H3,(H,20,21,22). The summed E-state index contributed by atoms with van der Waals surface area (Å²) in [4.78, 5) is 18.0. The number of methoxy groups -OCH3 is 1. The van der Waals surface area contributed by atoms with Crippen molar-refractivity contribution in [2.24, 2.45) is 0 Å². The molecule has 0 aliphatic carbocycles. The number of hydrogen-bond acceptors (Lipinski definition) is 4. The minimum Gasteiger partial charge on any atom is -0.497 e. The van der Waals surface area contributed by atoms with Crippen LogP contribution in [0.1, 0.15) is 15.2 Å². The summed E-state index contributed by atoms with van der Waals surface area (Å²) < 4.78 is 6.09. The Balaban J connectivity index is 1.83. The number of aromatic nitrogens is 1. The van der Waals surface area contributed by atoms with Gasteiger partial charge in [-0.1, -0.05) is 12.1 Å². The number of rotatable bonds is 4. The van der Waals surface area contributed by atoms with E-state index in [2.05, 4.69) is 32.9 Å². The second-order valence-corrected chi connectivity index (χ2v) is 7.45. The average Bonchev–Trinajstić information content (AvgIpc) is 2.95. The van der Waals surface area contributed by atoms with E-state index < -0.39 is 0 Å². The lowest BCUT2D eigenvalue weighted by Gasteiger charge is -2.03. The van der Waals surface area contributed by atoms with Crippen LogP contribution in [0.5, 0.6) is 5.75 Å². The highest BCUT2D eigenvalue weighted by Gasteiger charge is 2.14. The normalized spacial score (nSPS) is 10.5.